The standard InChI is InChI=1S/C28H30F5N5O5/c1-37(23(39)20(6-14-2-3-14)36-26(42)28(31,32)33)21(7-15-4-5-15)24(40)38-13-27(10-18(38)11-34)25(41)35-12-16-8-17(29)9-19(30)22(16)43-27/h8-9,14-15,18,20-21H,2-7,10,12-13H2,1H3,(H,35,41)(H,36,42)/t18-,20-,21-,27+/m0/s1. The van der Waals surface area contributed by atoms with Crippen molar-refractivity contribution in [3.05, 3.63) is 29.3 Å². The fourth-order valence-electron chi connectivity index (χ4n) is 5.73. The first-order chi connectivity index (χ1) is 20.2. The Morgan fingerprint density at radius 3 is 2.44 bits per heavy atom. The molecule has 0 unspecified atom stereocenters. The van der Waals surface area contributed by atoms with Gasteiger partial charge in [-0.25, -0.2) is 8.78 Å². The van der Waals surface area contributed by atoms with E-state index in [1.807, 2.05) is 6.07 Å². The van der Waals surface area contributed by atoms with Crippen LogP contribution in [0.1, 0.15) is 50.5 Å². The monoisotopic (exact) mass is 611 g/mol. The molecule has 5 rings (SSSR count). The van der Waals surface area contributed by atoms with Gasteiger partial charge >= 0.3 is 12.1 Å². The number of carbonyl (C=O) groups is 4. The topological polar surface area (TPSA) is 132 Å². The van der Waals surface area contributed by atoms with Gasteiger partial charge < -0.3 is 25.2 Å². The Balaban J connectivity index is 1.41. The van der Waals surface area contributed by atoms with Crippen molar-refractivity contribution < 1.29 is 45.9 Å². The Hall–Kier alpha value is -3.96. The number of nitrogens with zero attached hydrogens (tertiary/aromatic N) is 3. The van der Waals surface area contributed by atoms with Crippen LogP contribution in [0.5, 0.6) is 5.75 Å². The average molecular weight is 612 g/mol. The Labute approximate surface area is 243 Å². The third kappa shape index (κ3) is 6.37. The highest BCUT2D eigenvalue weighted by atomic mass is 19.4. The van der Waals surface area contributed by atoms with E-state index in [-0.39, 0.29) is 43.2 Å². The summed E-state index contributed by atoms with van der Waals surface area (Å²) >= 11 is 0. The molecule has 0 radical (unpaired) electrons. The molecule has 0 bridgehead atoms. The number of nitriles is 1. The lowest BCUT2D eigenvalue weighted by molar-refractivity contribution is -0.175. The molecule has 2 aliphatic carbocycles. The zero-order valence-electron chi connectivity index (χ0n) is 23.2. The van der Waals surface area contributed by atoms with E-state index in [2.05, 4.69) is 5.32 Å². The summed E-state index contributed by atoms with van der Waals surface area (Å²) < 4.78 is 73.5. The number of nitrogens with one attached hydrogen (secondary N) is 2. The first kappa shape index (κ1) is 30.5. The van der Waals surface area contributed by atoms with Crippen LogP contribution >= 0.6 is 0 Å². The van der Waals surface area contributed by atoms with Crippen molar-refractivity contribution in [1.82, 2.24) is 20.4 Å². The number of halogens is 5. The fraction of sp³-hybridized carbons (Fsp3) is 0.607. The number of hydrogen-bond donors (Lipinski definition) is 2. The SMILES string of the molecule is CN(C(=O)[C@H](CC1CC1)NC(=O)C(F)(F)F)[C@@H](CC1CC1)C(=O)N1C[C@@]2(C[C@H]1C#N)Oc1c(F)cc(F)cc1CNC2=O. The summed E-state index contributed by atoms with van der Waals surface area (Å²) in [6, 6.07) is -0.436. The van der Waals surface area contributed by atoms with Gasteiger partial charge in [-0.3, -0.25) is 19.2 Å². The minimum absolute atomic E-state index is 0.0252. The molecule has 1 spiro atoms. The van der Waals surface area contributed by atoms with Gasteiger partial charge in [-0.05, 0) is 30.7 Å². The largest absolute Gasteiger partial charge is 0.472 e. The molecular weight excluding hydrogens is 581 g/mol. The zero-order chi connectivity index (χ0) is 31.3. The van der Waals surface area contributed by atoms with Crippen molar-refractivity contribution in [3.63, 3.8) is 0 Å². The van der Waals surface area contributed by atoms with Crippen LogP contribution in [-0.2, 0) is 25.7 Å². The molecular formula is C28H30F5N5O5. The molecule has 1 saturated heterocycles. The molecule has 4 aliphatic rings. The maximum atomic E-state index is 14.7. The second-order valence-electron chi connectivity index (χ2n) is 11.8. The summed E-state index contributed by atoms with van der Waals surface area (Å²) in [5.41, 5.74) is -1.87. The smallest absolute Gasteiger partial charge is 0.471 e. The highest BCUT2D eigenvalue weighted by Gasteiger charge is 2.56. The van der Waals surface area contributed by atoms with E-state index in [1.54, 1.807) is 5.32 Å². The van der Waals surface area contributed by atoms with E-state index in [1.165, 1.54) is 7.05 Å². The molecule has 4 amide bonds. The number of benzene rings is 1. The van der Waals surface area contributed by atoms with E-state index < -0.39 is 77.5 Å². The molecule has 3 fully saturated rings. The maximum Gasteiger partial charge on any atom is 0.471 e. The molecule has 4 atom stereocenters. The number of alkyl halides is 3. The van der Waals surface area contributed by atoms with E-state index in [9.17, 15) is 46.4 Å². The molecule has 1 aromatic carbocycles. The zero-order valence-corrected chi connectivity index (χ0v) is 23.2. The average Bonchev–Trinajstić information content (AvgIpc) is 3.88. The van der Waals surface area contributed by atoms with Crippen molar-refractivity contribution in [3.8, 4) is 11.8 Å². The maximum absolute atomic E-state index is 14.7. The highest BCUT2D eigenvalue weighted by molar-refractivity contribution is 5.94. The molecule has 15 heteroatoms. The molecule has 232 valence electrons. The van der Waals surface area contributed by atoms with Crippen molar-refractivity contribution in [2.75, 3.05) is 13.6 Å². The van der Waals surface area contributed by atoms with Gasteiger partial charge in [0, 0.05) is 31.6 Å². The number of likely N-dealkylation sites (tertiary alicyclic amines) is 1. The Morgan fingerprint density at radius 1 is 1.19 bits per heavy atom. The van der Waals surface area contributed by atoms with Gasteiger partial charge in [-0.15, -0.1) is 0 Å². The quantitative estimate of drug-likeness (QED) is 0.434. The van der Waals surface area contributed by atoms with Gasteiger partial charge in [0.1, 0.15) is 23.9 Å². The van der Waals surface area contributed by atoms with Crippen LogP contribution in [0.2, 0.25) is 0 Å². The predicted molar refractivity (Wildman–Crippen MR) is 137 cm³/mol. The van der Waals surface area contributed by atoms with Crippen LogP contribution in [0.25, 0.3) is 0 Å². The van der Waals surface area contributed by atoms with Gasteiger partial charge in [0.2, 0.25) is 17.4 Å². The molecule has 2 heterocycles. The Bertz CT molecular complexity index is 1370. The highest BCUT2D eigenvalue weighted by Crippen LogP contribution is 2.40. The Kier molecular flexibility index (Phi) is 8.00. The molecule has 2 N–H and O–H groups in total. The van der Waals surface area contributed by atoms with Crippen LogP contribution < -0.4 is 15.4 Å². The Morgan fingerprint density at radius 2 is 1.84 bits per heavy atom. The second-order valence-corrected chi connectivity index (χ2v) is 11.8. The van der Waals surface area contributed by atoms with Crippen LogP contribution in [-0.4, -0.2) is 76.9 Å². The number of likely N-dealkylation sites (N-methyl/N-ethyl adjacent to an activating group) is 1. The summed E-state index contributed by atoms with van der Waals surface area (Å²) in [4.78, 5) is 54.6. The van der Waals surface area contributed by atoms with Crippen LogP contribution in [0, 0.1) is 34.8 Å². The number of rotatable bonds is 8. The predicted octanol–water partition coefficient (Wildman–Crippen LogP) is 2.31. The van der Waals surface area contributed by atoms with Crippen molar-refractivity contribution in [1.29, 1.82) is 5.26 Å². The molecule has 10 nitrogen and oxygen atoms in total. The van der Waals surface area contributed by atoms with Crippen molar-refractivity contribution >= 4 is 23.6 Å². The van der Waals surface area contributed by atoms with Crippen LogP contribution in [0.15, 0.2) is 12.1 Å². The van der Waals surface area contributed by atoms with Gasteiger partial charge in [0.15, 0.2) is 11.6 Å². The number of fused-ring (bicyclic) bond motifs is 1. The fourth-order valence-corrected chi connectivity index (χ4v) is 5.73. The van der Waals surface area contributed by atoms with Gasteiger partial charge in [-0.2, -0.15) is 18.4 Å². The number of ether oxygens (including phenoxy) is 1. The van der Waals surface area contributed by atoms with Crippen molar-refractivity contribution in [2.24, 2.45) is 11.8 Å². The minimum Gasteiger partial charge on any atom is -0.472 e. The number of carbonyl (C=O) groups excluding carboxylic acids is 4. The summed E-state index contributed by atoms with van der Waals surface area (Å²) in [7, 11) is 1.26. The van der Waals surface area contributed by atoms with Crippen LogP contribution in [0.3, 0.4) is 0 Å². The first-order valence-corrected chi connectivity index (χ1v) is 14.0. The summed E-state index contributed by atoms with van der Waals surface area (Å²) in [5, 5.41) is 14.3. The molecule has 2 aliphatic heterocycles. The first-order valence-electron chi connectivity index (χ1n) is 14.0. The van der Waals surface area contributed by atoms with Gasteiger partial charge in [-0.1, -0.05) is 25.7 Å². The van der Waals surface area contributed by atoms with Gasteiger partial charge in [0.05, 0.1) is 12.6 Å². The van der Waals surface area contributed by atoms with Gasteiger partial charge in [0.25, 0.3) is 5.91 Å². The van der Waals surface area contributed by atoms with E-state index in [0.717, 1.165) is 28.7 Å². The molecule has 2 saturated carbocycles. The molecule has 43 heavy (non-hydrogen) atoms. The number of amides is 4. The second kappa shape index (κ2) is 11.3. The molecule has 0 aromatic heterocycles. The summed E-state index contributed by atoms with van der Waals surface area (Å²) in [6.07, 6.45) is -2.54. The minimum atomic E-state index is -5.21. The third-order valence-corrected chi connectivity index (χ3v) is 8.47. The lowest BCUT2D eigenvalue weighted by atomic mass is 9.99. The van der Waals surface area contributed by atoms with Crippen molar-refractivity contribution in [2.45, 2.75) is 81.4 Å². The molecule has 1 aromatic rings. The van der Waals surface area contributed by atoms with E-state index >= 15 is 0 Å². The lowest BCUT2D eigenvalue weighted by Gasteiger charge is -2.34. The van der Waals surface area contributed by atoms with Crippen LogP contribution in [0.4, 0.5) is 22.0 Å². The van der Waals surface area contributed by atoms with E-state index in [0.29, 0.717) is 18.9 Å². The third-order valence-electron chi connectivity index (χ3n) is 8.47. The summed E-state index contributed by atoms with van der Waals surface area (Å²) in [5.74, 6) is -6.98. The van der Waals surface area contributed by atoms with E-state index in [4.69, 9.17) is 4.74 Å². The number of hydrogen-bond acceptors (Lipinski definition) is 6. The normalized spacial score (nSPS) is 24.6. The summed E-state index contributed by atoms with van der Waals surface area (Å²) in [6.45, 7) is -0.755. The lowest BCUT2D eigenvalue weighted by Crippen LogP contribution is -2.58.